The smallest absolute Gasteiger partial charge is 0.306 e. The van der Waals surface area contributed by atoms with Gasteiger partial charge in [-0.3, -0.25) is 4.79 Å². The van der Waals surface area contributed by atoms with Gasteiger partial charge in [0.15, 0.2) is 0 Å². The van der Waals surface area contributed by atoms with Crippen molar-refractivity contribution in [2.45, 2.75) is 219 Å². The Labute approximate surface area is 324 Å². The highest BCUT2D eigenvalue weighted by atomic mass is 16.6. The number of carbonyl (C=O) groups excluding carboxylic acids is 1. The molecule has 0 aromatic rings. The van der Waals surface area contributed by atoms with Gasteiger partial charge in [0.05, 0.1) is 13.2 Å². The molecule has 0 amide bonds. The minimum Gasteiger partial charge on any atom is -0.457 e. The van der Waals surface area contributed by atoms with Gasteiger partial charge >= 0.3 is 5.97 Å². The van der Waals surface area contributed by atoms with Crippen LogP contribution in [0.25, 0.3) is 0 Å². The fraction of sp³-hybridized carbons (Fsp3) is 0.771. The SMILES string of the molecule is CC/C=C\C/C=C\C/C=C\C/C=C\C/C=C\CCCCOCC(CO)OC(=O)CCCCCCCCCCCCCCCCCCCCCCCC. The summed E-state index contributed by atoms with van der Waals surface area (Å²) >= 11 is 0. The predicted octanol–water partition coefficient (Wildman–Crippen LogP) is 14.8. The van der Waals surface area contributed by atoms with E-state index in [0.29, 0.717) is 13.0 Å². The van der Waals surface area contributed by atoms with Gasteiger partial charge in [-0.05, 0) is 57.8 Å². The van der Waals surface area contributed by atoms with Gasteiger partial charge in [-0.2, -0.15) is 0 Å². The average Bonchev–Trinajstić information content (AvgIpc) is 3.15. The quantitative estimate of drug-likeness (QED) is 0.0387. The molecule has 0 aliphatic carbocycles. The zero-order valence-corrected chi connectivity index (χ0v) is 34.6. The number of unbranched alkanes of at least 4 members (excludes halogenated alkanes) is 23. The van der Waals surface area contributed by atoms with Crippen LogP contribution in [-0.4, -0.2) is 37.0 Å². The molecule has 0 bridgehead atoms. The Balaban J connectivity index is 3.47. The molecule has 0 fully saturated rings. The standard InChI is InChI=1S/C48H86O4/c1-3-5-7-9-11-13-15-17-19-21-23-24-25-26-27-29-31-33-35-37-39-41-43-48(50)52-47(45-49)46-51-44-42-40-38-36-34-32-30-28-22-20-18-16-14-12-10-8-6-4-2/h6,8,12,14,18,20,28,30,34,36,47,49H,3-5,7,9-11,13,15-17,19,21-27,29,31-33,35,37-46H2,1-2H3/b8-6-,14-12-,20-18-,30-28-,36-34-. The molecule has 1 atom stereocenters. The third-order valence-electron chi connectivity index (χ3n) is 9.61. The molecule has 0 aromatic carbocycles. The lowest BCUT2D eigenvalue weighted by atomic mass is 10.0. The van der Waals surface area contributed by atoms with Gasteiger partial charge in [0.1, 0.15) is 6.10 Å². The Hall–Kier alpha value is -1.91. The highest BCUT2D eigenvalue weighted by Crippen LogP contribution is 2.16. The maximum atomic E-state index is 12.2. The second-order valence-corrected chi connectivity index (χ2v) is 14.7. The first-order chi connectivity index (χ1) is 25.7. The molecule has 1 N–H and O–H groups in total. The van der Waals surface area contributed by atoms with Gasteiger partial charge in [-0.25, -0.2) is 0 Å². The first kappa shape index (κ1) is 50.1. The monoisotopic (exact) mass is 727 g/mol. The van der Waals surface area contributed by atoms with Crippen LogP contribution in [0.4, 0.5) is 0 Å². The van der Waals surface area contributed by atoms with E-state index >= 15 is 0 Å². The minimum atomic E-state index is -0.557. The largest absolute Gasteiger partial charge is 0.457 e. The van der Waals surface area contributed by atoms with E-state index in [-0.39, 0.29) is 19.2 Å². The van der Waals surface area contributed by atoms with Crippen molar-refractivity contribution in [2.24, 2.45) is 0 Å². The number of hydrogen-bond donors (Lipinski definition) is 1. The summed E-state index contributed by atoms with van der Waals surface area (Å²) in [6, 6.07) is 0. The summed E-state index contributed by atoms with van der Waals surface area (Å²) in [5, 5.41) is 9.61. The molecule has 0 aliphatic rings. The first-order valence-corrected chi connectivity index (χ1v) is 22.4. The van der Waals surface area contributed by atoms with Crippen molar-refractivity contribution in [1.82, 2.24) is 0 Å². The Morgan fingerprint density at radius 3 is 1.27 bits per heavy atom. The third-order valence-corrected chi connectivity index (χ3v) is 9.61. The number of allylic oxidation sites excluding steroid dienone is 10. The summed E-state index contributed by atoms with van der Waals surface area (Å²) in [7, 11) is 0. The lowest BCUT2D eigenvalue weighted by molar-refractivity contribution is -0.154. The molecule has 0 radical (unpaired) electrons. The van der Waals surface area contributed by atoms with Gasteiger partial charge in [-0.15, -0.1) is 0 Å². The maximum Gasteiger partial charge on any atom is 0.306 e. The fourth-order valence-electron chi connectivity index (χ4n) is 6.30. The Bertz CT molecular complexity index is 854. The van der Waals surface area contributed by atoms with E-state index in [1.54, 1.807) is 0 Å². The van der Waals surface area contributed by atoms with E-state index < -0.39 is 6.10 Å². The van der Waals surface area contributed by atoms with Crippen LogP contribution in [0.5, 0.6) is 0 Å². The first-order valence-electron chi connectivity index (χ1n) is 22.4. The predicted molar refractivity (Wildman–Crippen MR) is 228 cm³/mol. The van der Waals surface area contributed by atoms with Crippen LogP contribution in [-0.2, 0) is 14.3 Å². The summed E-state index contributed by atoms with van der Waals surface area (Å²) in [6.07, 6.45) is 60.1. The van der Waals surface area contributed by atoms with E-state index in [1.807, 2.05) is 0 Å². The van der Waals surface area contributed by atoms with Crippen LogP contribution in [0, 0.1) is 0 Å². The summed E-state index contributed by atoms with van der Waals surface area (Å²) in [5.74, 6) is -0.214. The van der Waals surface area contributed by atoms with Crippen LogP contribution in [0.1, 0.15) is 213 Å². The van der Waals surface area contributed by atoms with E-state index in [9.17, 15) is 9.90 Å². The molecule has 0 rings (SSSR count). The van der Waals surface area contributed by atoms with Gasteiger partial charge in [0, 0.05) is 13.0 Å². The minimum absolute atomic E-state index is 0.189. The number of aliphatic hydroxyl groups excluding tert-OH is 1. The number of rotatable bonds is 41. The highest BCUT2D eigenvalue weighted by molar-refractivity contribution is 5.69. The molecule has 0 saturated carbocycles. The zero-order chi connectivity index (χ0) is 37.7. The number of hydrogen-bond acceptors (Lipinski definition) is 4. The summed E-state index contributed by atoms with van der Waals surface area (Å²) < 4.78 is 11.1. The Morgan fingerprint density at radius 2 is 0.865 bits per heavy atom. The second-order valence-electron chi connectivity index (χ2n) is 14.7. The number of esters is 1. The molecule has 1 unspecified atom stereocenters. The molecule has 0 spiro atoms. The Morgan fingerprint density at radius 1 is 0.481 bits per heavy atom. The topological polar surface area (TPSA) is 55.8 Å². The third kappa shape index (κ3) is 42.5. The fourth-order valence-corrected chi connectivity index (χ4v) is 6.30. The summed E-state index contributed by atoms with van der Waals surface area (Å²) in [6.45, 7) is 5.15. The van der Waals surface area contributed by atoms with E-state index in [1.165, 1.54) is 128 Å². The van der Waals surface area contributed by atoms with E-state index in [2.05, 4.69) is 74.6 Å². The van der Waals surface area contributed by atoms with Crippen molar-refractivity contribution in [3.05, 3.63) is 60.8 Å². The summed E-state index contributed by atoms with van der Waals surface area (Å²) in [4.78, 5) is 12.2. The molecular weight excluding hydrogens is 641 g/mol. The molecule has 302 valence electrons. The van der Waals surface area contributed by atoms with Gasteiger partial charge < -0.3 is 14.6 Å². The van der Waals surface area contributed by atoms with Crippen molar-refractivity contribution in [3.8, 4) is 0 Å². The molecule has 0 aliphatic heterocycles. The molecule has 0 aromatic heterocycles. The van der Waals surface area contributed by atoms with Crippen molar-refractivity contribution in [1.29, 1.82) is 0 Å². The number of carbonyl (C=O) groups is 1. The van der Waals surface area contributed by atoms with Gasteiger partial charge in [-0.1, -0.05) is 209 Å². The molecule has 0 saturated heterocycles. The molecule has 0 heterocycles. The normalized spacial score (nSPS) is 12.9. The van der Waals surface area contributed by atoms with E-state index in [4.69, 9.17) is 9.47 Å². The van der Waals surface area contributed by atoms with Gasteiger partial charge in [0.25, 0.3) is 0 Å². The van der Waals surface area contributed by atoms with Crippen LogP contribution in [0.3, 0.4) is 0 Å². The molecule has 4 nitrogen and oxygen atoms in total. The Kier molecular flexibility index (Phi) is 43.6. The van der Waals surface area contributed by atoms with E-state index in [0.717, 1.165) is 64.2 Å². The number of aliphatic hydroxyl groups is 1. The van der Waals surface area contributed by atoms with Crippen molar-refractivity contribution in [2.75, 3.05) is 19.8 Å². The second kappa shape index (κ2) is 45.2. The number of ether oxygens (including phenoxy) is 2. The van der Waals surface area contributed by atoms with Crippen molar-refractivity contribution >= 4 is 5.97 Å². The average molecular weight is 727 g/mol. The maximum absolute atomic E-state index is 12.2. The van der Waals surface area contributed by atoms with Crippen LogP contribution in [0.15, 0.2) is 60.8 Å². The van der Waals surface area contributed by atoms with Gasteiger partial charge in [0.2, 0.25) is 0 Å². The molecule has 4 heteroatoms. The van der Waals surface area contributed by atoms with Crippen molar-refractivity contribution < 1.29 is 19.4 Å². The zero-order valence-electron chi connectivity index (χ0n) is 34.6. The lowest BCUT2D eigenvalue weighted by Gasteiger charge is -2.15. The molecule has 52 heavy (non-hydrogen) atoms. The van der Waals surface area contributed by atoms with Crippen LogP contribution < -0.4 is 0 Å². The lowest BCUT2D eigenvalue weighted by Crippen LogP contribution is -2.27. The highest BCUT2D eigenvalue weighted by Gasteiger charge is 2.13. The summed E-state index contributed by atoms with van der Waals surface area (Å²) in [5.41, 5.74) is 0. The molecular formula is C48H86O4. The van der Waals surface area contributed by atoms with Crippen LogP contribution in [0.2, 0.25) is 0 Å². The van der Waals surface area contributed by atoms with Crippen LogP contribution >= 0.6 is 0 Å². The van der Waals surface area contributed by atoms with Crippen molar-refractivity contribution in [3.63, 3.8) is 0 Å².